The normalized spacial score (nSPS) is 13.3. The lowest BCUT2D eigenvalue weighted by molar-refractivity contribution is -0.0633. The van der Waals surface area contributed by atoms with Gasteiger partial charge in [0.1, 0.15) is 5.75 Å². The van der Waals surface area contributed by atoms with Crippen LogP contribution in [0, 0.1) is 0 Å². The fourth-order valence-electron chi connectivity index (χ4n) is 2.65. The average molecular weight is 344 g/mol. The van der Waals surface area contributed by atoms with Crippen molar-refractivity contribution in [1.29, 1.82) is 0 Å². The van der Waals surface area contributed by atoms with Crippen LogP contribution in [0.15, 0.2) is 22.7 Å². The van der Waals surface area contributed by atoms with E-state index in [1.165, 1.54) is 5.56 Å². The molecule has 0 aromatic heterocycles. The Balaban J connectivity index is 2.87. The predicted octanol–water partition coefficient (Wildman–Crippen LogP) is 3.92. The molecule has 0 bridgehead atoms. The quantitative estimate of drug-likeness (QED) is 0.777. The molecule has 0 amide bonds. The number of methoxy groups -OCH3 is 1. The van der Waals surface area contributed by atoms with E-state index in [1.807, 2.05) is 13.0 Å². The minimum atomic E-state index is -0.235. The van der Waals surface area contributed by atoms with Crippen molar-refractivity contribution >= 4 is 15.9 Å². The number of ether oxygens (including phenoxy) is 2. The summed E-state index contributed by atoms with van der Waals surface area (Å²) in [5, 5.41) is 0. The number of hydrogen-bond acceptors (Lipinski definition) is 3. The fourth-order valence-corrected chi connectivity index (χ4v) is 3.24. The Morgan fingerprint density at radius 1 is 1.25 bits per heavy atom. The summed E-state index contributed by atoms with van der Waals surface area (Å²) in [4.78, 5) is 0. The summed E-state index contributed by atoms with van der Waals surface area (Å²) in [5.41, 5.74) is 7.40. The Kier molecular flexibility index (Phi) is 7.00. The van der Waals surface area contributed by atoms with Crippen LogP contribution < -0.4 is 10.5 Å². The Morgan fingerprint density at radius 3 is 2.35 bits per heavy atom. The van der Waals surface area contributed by atoms with E-state index in [1.54, 1.807) is 7.11 Å². The van der Waals surface area contributed by atoms with E-state index in [9.17, 15) is 0 Å². The van der Waals surface area contributed by atoms with Gasteiger partial charge in [-0.2, -0.15) is 0 Å². The van der Waals surface area contributed by atoms with Crippen molar-refractivity contribution in [3.63, 3.8) is 0 Å². The molecule has 114 valence electrons. The molecule has 0 saturated carbocycles. The third kappa shape index (κ3) is 3.96. The summed E-state index contributed by atoms with van der Waals surface area (Å²) < 4.78 is 12.2. The van der Waals surface area contributed by atoms with Crippen LogP contribution in [-0.4, -0.2) is 25.4 Å². The average Bonchev–Trinajstić information content (AvgIpc) is 2.45. The van der Waals surface area contributed by atoms with Gasteiger partial charge < -0.3 is 15.2 Å². The smallest absolute Gasteiger partial charge is 0.133 e. The monoisotopic (exact) mass is 343 g/mol. The first-order valence-corrected chi connectivity index (χ1v) is 8.04. The third-order valence-electron chi connectivity index (χ3n) is 3.98. The number of benzene rings is 1. The van der Waals surface area contributed by atoms with Gasteiger partial charge in [-0.1, -0.05) is 19.9 Å². The summed E-state index contributed by atoms with van der Waals surface area (Å²) >= 11 is 3.52. The van der Waals surface area contributed by atoms with E-state index >= 15 is 0 Å². The molecule has 1 unspecified atom stereocenters. The van der Waals surface area contributed by atoms with Gasteiger partial charge in [-0.15, -0.1) is 0 Å². The zero-order valence-electron chi connectivity index (χ0n) is 12.9. The van der Waals surface area contributed by atoms with Crippen molar-refractivity contribution in [3.8, 4) is 5.75 Å². The summed E-state index contributed by atoms with van der Waals surface area (Å²) in [5.74, 6) is 0.837. The maximum atomic E-state index is 6.44. The molecule has 3 nitrogen and oxygen atoms in total. The van der Waals surface area contributed by atoms with Crippen LogP contribution in [0.1, 0.15) is 39.2 Å². The van der Waals surface area contributed by atoms with Gasteiger partial charge in [-0.25, -0.2) is 0 Å². The molecule has 1 aromatic rings. The van der Waals surface area contributed by atoms with Gasteiger partial charge in [0.05, 0.1) is 17.2 Å². The molecule has 4 heteroatoms. The van der Waals surface area contributed by atoms with Crippen LogP contribution in [0.2, 0.25) is 0 Å². The van der Waals surface area contributed by atoms with Gasteiger partial charge in [-0.05, 0) is 59.8 Å². The maximum Gasteiger partial charge on any atom is 0.133 e. The molecule has 1 atom stereocenters. The van der Waals surface area contributed by atoms with Gasteiger partial charge in [0, 0.05) is 12.6 Å². The molecule has 0 aliphatic rings. The largest absolute Gasteiger partial charge is 0.496 e. The molecule has 1 aromatic carbocycles. The summed E-state index contributed by atoms with van der Waals surface area (Å²) in [6, 6.07) is 6.08. The van der Waals surface area contributed by atoms with E-state index in [-0.39, 0.29) is 11.6 Å². The first kappa shape index (κ1) is 17.5. The van der Waals surface area contributed by atoms with Crippen molar-refractivity contribution in [2.24, 2.45) is 5.73 Å². The highest BCUT2D eigenvalue weighted by atomic mass is 79.9. The molecule has 0 fully saturated rings. The standard InChI is InChI=1S/C16H26BrNO2/c1-5-16(6-2,20-7-3)15(18)11-12-8-9-14(19-4)13(17)10-12/h8-10,15H,5-7,11,18H2,1-4H3. The number of nitrogens with two attached hydrogens (primary N) is 1. The van der Waals surface area contributed by atoms with E-state index in [4.69, 9.17) is 15.2 Å². The van der Waals surface area contributed by atoms with E-state index < -0.39 is 0 Å². The van der Waals surface area contributed by atoms with Crippen LogP contribution in [-0.2, 0) is 11.2 Å². The molecular weight excluding hydrogens is 318 g/mol. The van der Waals surface area contributed by atoms with Crippen molar-refractivity contribution in [3.05, 3.63) is 28.2 Å². The van der Waals surface area contributed by atoms with Gasteiger partial charge in [0.15, 0.2) is 0 Å². The van der Waals surface area contributed by atoms with Crippen LogP contribution in [0.4, 0.5) is 0 Å². The van der Waals surface area contributed by atoms with Crippen molar-refractivity contribution in [2.75, 3.05) is 13.7 Å². The van der Waals surface area contributed by atoms with E-state index in [0.717, 1.165) is 29.5 Å². The van der Waals surface area contributed by atoms with Gasteiger partial charge in [0.2, 0.25) is 0 Å². The van der Waals surface area contributed by atoms with E-state index in [2.05, 4.69) is 41.9 Å². The molecule has 0 aliphatic heterocycles. The zero-order valence-corrected chi connectivity index (χ0v) is 14.5. The highest BCUT2D eigenvalue weighted by Crippen LogP contribution is 2.29. The van der Waals surface area contributed by atoms with Crippen LogP contribution >= 0.6 is 15.9 Å². The second-order valence-corrected chi connectivity index (χ2v) is 5.84. The van der Waals surface area contributed by atoms with Crippen molar-refractivity contribution in [1.82, 2.24) is 0 Å². The molecular formula is C16H26BrNO2. The fraction of sp³-hybridized carbons (Fsp3) is 0.625. The minimum Gasteiger partial charge on any atom is -0.496 e. The summed E-state index contributed by atoms with van der Waals surface area (Å²) in [6.07, 6.45) is 2.65. The maximum absolute atomic E-state index is 6.44. The number of halogens is 1. The Morgan fingerprint density at radius 2 is 1.90 bits per heavy atom. The van der Waals surface area contributed by atoms with E-state index in [0.29, 0.717) is 6.61 Å². The molecule has 1 rings (SSSR count). The summed E-state index contributed by atoms with van der Waals surface area (Å²) in [7, 11) is 1.67. The first-order valence-electron chi connectivity index (χ1n) is 7.24. The molecule has 0 aliphatic carbocycles. The second-order valence-electron chi connectivity index (χ2n) is 4.98. The van der Waals surface area contributed by atoms with Crippen LogP contribution in [0.5, 0.6) is 5.75 Å². The lowest BCUT2D eigenvalue weighted by Crippen LogP contribution is -2.50. The summed E-state index contributed by atoms with van der Waals surface area (Å²) in [6.45, 7) is 7.00. The molecule has 0 spiro atoms. The van der Waals surface area contributed by atoms with Gasteiger partial charge in [0.25, 0.3) is 0 Å². The SMILES string of the molecule is CCOC(CC)(CC)C(N)Cc1ccc(OC)c(Br)c1. The highest BCUT2D eigenvalue weighted by Gasteiger charge is 2.33. The molecule has 2 N–H and O–H groups in total. The molecule has 0 radical (unpaired) electrons. The third-order valence-corrected chi connectivity index (χ3v) is 4.60. The topological polar surface area (TPSA) is 44.5 Å². The Labute approximate surface area is 131 Å². The van der Waals surface area contributed by atoms with Crippen LogP contribution in [0.3, 0.4) is 0 Å². The molecule has 20 heavy (non-hydrogen) atoms. The van der Waals surface area contributed by atoms with Gasteiger partial charge >= 0.3 is 0 Å². The molecule has 0 saturated heterocycles. The highest BCUT2D eigenvalue weighted by molar-refractivity contribution is 9.10. The Bertz CT molecular complexity index is 419. The second kappa shape index (κ2) is 8.01. The first-order chi connectivity index (χ1) is 9.52. The zero-order chi connectivity index (χ0) is 15.2. The Hall–Kier alpha value is -0.580. The predicted molar refractivity (Wildman–Crippen MR) is 87.3 cm³/mol. The van der Waals surface area contributed by atoms with Crippen molar-refractivity contribution < 1.29 is 9.47 Å². The van der Waals surface area contributed by atoms with Crippen LogP contribution in [0.25, 0.3) is 0 Å². The lowest BCUT2D eigenvalue weighted by atomic mass is 9.85. The van der Waals surface area contributed by atoms with Gasteiger partial charge in [-0.3, -0.25) is 0 Å². The number of rotatable bonds is 8. The number of hydrogen-bond donors (Lipinski definition) is 1. The van der Waals surface area contributed by atoms with Crippen molar-refractivity contribution in [2.45, 2.75) is 51.7 Å². The minimum absolute atomic E-state index is 0.0160. The molecule has 0 heterocycles. The lowest BCUT2D eigenvalue weighted by Gasteiger charge is -2.37.